The van der Waals surface area contributed by atoms with Gasteiger partial charge in [-0.15, -0.1) is 0 Å². The summed E-state index contributed by atoms with van der Waals surface area (Å²) in [6.07, 6.45) is 3.39. The lowest BCUT2D eigenvalue weighted by atomic mass is 9.92. The van der Waals surface area contributed by atoms with Crippen LogP contribution in [0.3, 0.4) is 0 Å². The van der Waals surface area contributed by atoms with E-state index >= 15 is 0 Å². The van der Waals surface area contributed by atoms with Crippen LogP contribution < -0.4 is 4.74 Å². The first kappa shape index (κ1) is 21.9. The van der Waals surface area contributed by atoms with E-state index in [9.17, 15) is 13.2 Å². The van der Waals surface area contributed by atoms with E-state index in [0.29, 0.717) is 30.4 Å². The zero-order valence-corrected chi connectivity index (χ0v) is 18.6. The summed E-state index contributed by atoms with van der Waals surface area (Å²) in [6.45, 7) is 2.45. The van der Waals surface area contributed by atoms with E-state index in [1.54, 1.807) is 30.3 Å². The molecule has 34 heavy (non-hydrogen) atoms. The summed E-state index contributed by atoms with van der Waals surface area (Å²) in [5.41, 5.74) is 2.28. The van der Waals surface area contributed by atoms with Crippen LogP contribution in [0, 0.1) is 6.92 Å². The molecule has 4 aromatic rings. The smallest absolute Gasteiger partial charge is 0.416 e. The Hall–Kier alpha value is -3.88. The molecule has 1 aliphatic heterocycles. The summed E-state index contributed by atoms with van der Waals surface area (Å²) in [6, 6.07) is 11.5. The minimum absolute atomic E-state index is 0.242. The predicted molar refractivity (Wildman–Crippen MR) is 122 cm³/mol. The molecule has 0 aliphatic carbocycles. The van der Waals surface area contributed by atoms with Crippen LogP contribution in [0.15, 0.2) is 55.0 Å². The van der Waals surface area contributed by atoms with Crippen LogP contribution >= 0.6 is 0 Å². The first-order chi connectivity index (χ1) is 16.3. The van der Waals surface area contributed by atoms with Crippen LogP contribution in [0.5, 0.6) is 5.75 Å². The average Bonchev–Trinajstić information content (AvgIpc) is 3.52. The molecule has 0 saturated heterocycles. The number of aryl methyl sites for hydroxylation is 2. The van der Waals surface area contributed by atoms with Crippen LogP contribution in [-0.2, 0) is 12.7 Å². The molecule has 1 aliphatic rings. The Bertz CT molecular complexity index is 1370. The maximum atomic E-state index is 13.5. The van der Waals surface area contributed by atoms with Crippen molar-refractivity contribution in [2.24, 2.45) is 0 Å². The highest BCUT2D eigenvalue weighted by atomic mass is 19.4. The molecule has 0 saturated carbocycles. The maximum Gasteiger partial charge on any atom is 0.416 e. The first-order valence-electron chi connectivity index (χ1n) is 10.8. The molecule has 0 bridgehead atoms. The standard InChI is InChI=1S/C25H22F3N5O/c1-16-14-32(15-29-16)21-9-7-17(13-22(21)34-2)8-10-23-30-24-19(11-12-33(24)31-23)18-5-3-4-6-20(18)25(26,27)28/h3-10,13-15,19H,11-12H2,1-2H3/b10-8+/t19-/m1/s1. The van der Waals surface area contributed by atoms with E-state index in [1.807, 2.05) is 42.0 Å². The van der Waals surface area contributed by atoms with Gasteiger partial charge in [-0.05, 0) is 48.7 Å². The van der Waals surface area contributed by atoms with Crippen molar-refractivity contribution in [3.8, 4) is 11.4 Å². The summed E-state index contributed by atoms with van der Waals surface area (Å²) in [5, 5.41) is 4.48. The van der Waals surface area contributed by atoms with Gasteiger partial charge in [-0.1, -0.05) is 30.3 Å². The second kappa shape index (κ2) is 8.48. The summed E-state index contributed by atoms with van der Waals surface area (Å²) in [7, 11) is 1.61. The van der Waals surface area contributed by atoms with Gasteiger partial charge in [-0.25, -0.2) is 14.6 Å². The number of rotatable bonds is 5. The first-order valence-corrected chi connectivity index (χ1v) is 10.8. The molecular formula is C25H22F3N5O. The van der Waals surface area contributed by atoms with Gasteiger partial charge in [0.2, 0.25) is 0 Å². The Labute approximate surface area is 194 Å². The normalized spacial score (nSPS) is 15.7. The number of imidazole rings is 1. The molecule has 0 radical (unpaired) electrons. The topological polar surface area (TPSA) is 57.8 Å². The van der Waals surface area contributed by atoms with Crippen LogP contribution in [-0.4, -0.2) is 31.4 Å². The molecule has 174 valence electrons. The molecule has 9 heteroatoms. The van der Waals surface area contributed by atoms with Crippen molar-refractivity contribution in [2.75, 3.05) is 7.11 Å². The van der Waals surface area contributed by atoms with E-state index in [2.05, 4.69) is 15.1 Å². The van der Waals surface area contributed by atoms with Gasteiger partial charge in [0.05, 0.1) is 30.4 Å². The number of halogens is 3. The summed E-state index contributed by atoms with van der Waals surface area (Å²) < 4.78 is 49.7. The van der Waals surface area contributed by atoms with Crippen molar-refractivity contribution in [3.05, 3.63) is 89.0 Å². The molecular weight excluding hydrogens is 443 g/mol. The maximum absolute atomic E-state index is 13.5. The molecule has 1 atom stereocenters. The van der Waals surface area contributed by atoms with Crippen molar-refractivity contribution >= 4 is 12.2 Å². The van der Waals surface area contributed by atoms with Crippen LogP contribution in [0.4, 0.5) is 13.2 Å². The molecule has 2 aromatic heterocycles. The molecule has 6 nitrogen and oxygen atoms in total. The lowest BCUT2D eigenvalue weighted by molar-refractivity contribution is -0.138. The average molecular weight is 465 g/mol. The molecule has 3 heterocycles. The molecule has 0 unspecified atom stereocenters. The summed E-state index contributed by atoms with van der Waals surface area (Å²) in [4.78, 5) is 8.80. The van der Waals surface area contributed by atoms with Gasteiger partial charge in [0.25, 0.3) is 0 Å². The highest BCUT2D eigenvalue weighted by molar-refractivity contribution is 5.69. The minimum atomic E-state index is -4.41. The van der Waals surface area contributed by atoms with E-state index in [1.165, 1.54) is 12.1 Å². The number of aromatic nitrogens is 5. The van der Waals surface area contributed by atoms with E-state index in [4.69, 9.17) is 4.74 Å². The van der Waals surface area contributed by atoms with Gasteiger partial charge < -0.3 is 9.30 Å². The van der Waals surface area contributed by atoms with Gasteiger partial charge >= 0.3 is 6.18 Å². The molecule has 0 amide bonds. The van der Waals surface area contributed by atoms with Crippen LogP contribution in [0.25, 0.3) is 17.8 Å². The largest absolute Gasteiger partial charge is 0.495 e. The van der Waals surface area contributed by atoms with Crippen molar-refractivity contribution in [1.82, 2.24) is 24.3 Å². The second-order valence-corrected chi connectivity index (χ2v) is 8.16. The zero-order chi connectivity index (χ0) is 23.9. The third-order valence-electron chi connectivity index (χ3n) is 5.92. The molecule has 5 rings (SSSR count). The summed E-state index contributed by atoms with van der Waals surface area (Å²) in [5.74, 6) is 1.26. The monoisotopic (exact) mass is 465 g/mol. The van der Waals surface area contributed by atoms with E-state index in [-0.39, 0.29) is 5.56 Å². The SMILES string of the molecule is COc1cc(/C=C/c2nc3n(n2)CC[C@@H]3c2ccccc2C(F)(F)F)ccc1-n1cnc(C)c1. The summed E-state index contributed by atoms with van der Waals surface area (Å²) >= 11 is 0. The predicted octanol–water partition coefficient (Wildman–Crippen LogP) is 5.51. The van der Waals surface area contributed by atoms with Crippen LogP contribution in [0.2, 0.25) is 0 Å². The van der Waals surface area contributed by atoms with Crippen molar-refractivity contribution in [2.45, 2.75) is 32.0 Å². The van der Waals surface area contributed by atoms with Crippen molar-refractivity contribution < 1.29 is 17.9 Å². The fraction of sp³-hybridized carbons (Fsp3) is 0.240. The van der Waals surface area contributed by atoms with Gasteiger partial charge in [-0.2, -0.15) is 18.3 Å². The fourth-order valence-corrected chi connectivity index (χ4v) is 4.33. The zero-order valence-electron chi connectivity index (χ0n) is 18.6. The second-order valence-electron chi connectivity index (χ2n) is 8.16. The lowest BCUT2D eigenvalue weighted by Gasteiger charge is -2.16. The Morgan fingerprint density at radius 2 is 1.94 bits per heavy atom. The Morgan fingerprint density at radius 1 is 1.12 bits per heavy atom. The minimum Gasteiger partial charge on any atom is -0.495 e. The number of methoxy groups -OCH3 is 1. The van der Waals surface area contributed by atoms with Crippen molar-refractivity contribution in [3.63, 3.8) is 0 Å². The third-order valence-corrected chi connectivity index (χ3v) is 5.92. The van der Waals surface area contributed by atoms with E-state index in [0.717, 1.165) is 23.0 Å². The highest BCUT2D eigenvalue weighted by Gasteiger charge is 2.38. The van der Waals surface area contributed by atoms with E-state index < -0.39 is 17.7 Å². The lowest BCUT2D eigenvalue weighted by Crippen LogP contribution is -2.12. The van der Waals surface area contributed by atoms with Gasteiger partial charge in [0, 0.05) is 18.7 Å². The molecule has 0 N–H and O–H groups in total. The van der Waals surface area contributed by atoms with Crippen LogP contribution in [0.1, 0.15) is 46.4 Å². The quantitative estimate of drug-likeness (QED) is 0.390. The van der Waals surface area contributed by atoms with Gasteiger partial charge in [-0.3, -0.25) is 0 Å². The number of fused-ring (bicyclic) bond motifs is 1. The number of nitrogens with zero attached hydrogens (tertiary/aromatic N) is 5. The van der Waals surface area contributed by atoms with Gasteiger partial charge in [0.1, 0.15) is 11.6 Å². The fourth-order valence-electron chi connectivity index (χ4n) is 4.33. The number of hydrogen-bond donors (Lipinski definition) is 0. The number of alkyl halides is 3. The molecule has 0 spiro atoms. The van der Waals surface area contributed by atoms with Crippen molar-refractivity contribution in [1.29, 1.82) is 0 Å². The van der Waals surface area contributed by atoms with Gasteiger partial charge in [0.15, 0.2) is 5.82 Å². The number of benzene rings is 2. The third kappa shape index (κ3) is 4.09. The molecule has 0 fully saturated rings. The number of hydrogen-bond acceptors (Lipinski definition) is 4. The Balaban J connectivity index is 1.41. The molecule has 2 aromatic carbocycles. The Kier molecular flexibility index (Phi) is 5.47. The Morgan fingerprint density at radius 3 is 2.68 bits per heavy atom. The highest BCUT2D eigenvalue weighted by Crippen LogP contribution is 2.40. The number of ether oxygens (including phenoxy) is 1.